The first-order valence-corrected chi connectivity index (χ1v) is 7.18. The molecule has 0 radical (unpaired) electrons. The first-order chi connectivity index (χ1) is 9.92. The molecular weight excluding hydrogens is 270 g/mol. The van der Waals surface area contributed by atoms with E-state index in [1.165, 1.54) is 6.92 Å². The smallest absolute Gasteiger partial charge is 0.329 e. The molecule has 1 amide bonds. The molecule has 0 saturated heterocycles. The van der Waals surface area contributed by atoms with Crippen molar-refractivity contribution in [3.63, 3.8) is 0 Å². The Labute approximate surface area is 125 Å². The van der Waals surface area contributed by atoms with Crippen LogP contribution in [0.4, 0.5) is 0 Å². The zero-order valence-electron chi connectivity index (χ0n) is 12.8. The topological polar surface area (TPSA) is 75.6 Å². The number of carbonyl (C=O) groups is 2. The Bertz CT molecular complexity index is 501. The van der Waals surface area contributed by atoms with E-state index in [4.69, 9.17) is 9.84 Å². The van der Waals surface area contributed by atoms with Crippen LogP contribution in [0.2, 0.25) is 0 Å². The Morgan fingerprint density at radius 1 is 1.29 bits per heavy atom. The summed E-state index contributed by atoms with van der Waals surface area (Å²) in [7, 11) is 0. The summed E-state index contributed by atoms with van der Waals surface area (Å²) in [6.07, 6.45) is 1.08. The second kappa shape index (κ2) is 7.67. The number of ether oxygens (including phenoxy) is 1. The summed E-state index contributed by atoms with van der Waals surface area (Å²) in [5.41, 5.74) is -0.265. The number of hydrogen-bond acceptors (Lipinski definition) is 3. The number of hydrogen-bond donors (Lipinski definition) is 2. The molecule has 0 aliphatic carbocycles. The summed E-state index contributed by atoms with van der Waals surface area (Å²) in [6, 6.07) is 7.55. The monoisotopic (exact) mass is 293 g/mol. The molecule has 21 heavy (non-hydrogen) atoms. The minimum Gasteiger partial charge on any atom is -0.494 e. The Morgan fingerprint density at radius 3 is 2.52 bits per heavy atom. The molecule has 0 fully saturated rings. The van der Waals surface area contributed by atoms with Crippen molar-refractivity contribution in [3.05, 3.63) is 29.8 Å². The summed E-state index contributed by atoms with van der Waals surface area (Å²) in [5, 5.41) is 11.7. The van der Waals surface area contributed by atoms with Crippen LogP contribution < -0.4 is 10.1 Å². The van der Waals surface area contributed by atoms with Gasteiger partial charge in [0.1, 0.15) is 11.3 Å². The highest BCUT2D eigenvalue weighted by molar-refractivity contribution is 5.86. The summed E-state index contributed by atoms with van der Waals surface area (Å²) in [5.74, 6) is -0.523. The lowest BCUT2D eigenvalue weighted by atomic mass is 9.98. The van der Waals surface area contributed by atoms with E-state index < -0.39 is 11.5 Å². The van der Waals surface area contributed by atoms with Crippen LogP contribution in [-0.4, -0.2) is 29.1 Å². The Morgan fingerprint density at radius 2 is 1.95 bits per heavy atom. The highest BCUT2D eigenvalue weighted by Crippen LogP contribution is 2.19. The summed E-state index contributed by atoms with van der Waals surface area (Å²) < 4.78 is 5.50. The number of amides is 1. The number of aliphatic carboxylic acids is 1. The van der Waals surface area contributed by atoms with E-state index in [1.807, 2.05) is 31.2 Å². The van der Waals surface area contributed by atoms with Gasteiger partial charge in [-0.05, 0) is 38.3 Å². The average Bonchev–Trinajstić information content (AvgIpc) is 2.46. The number of benzene rings is 1. The third-order valence-corrected chi connectivity index (χ3v) is 3.49. The SMILES string of the molecule is CCOc1ccccc1CCC(=O)NC(C)(CC)C(=O)O. The lowest BCUT2D eigenvalue weighted by molar-refractivity contribution is -0.147. The average molecular weight is 293 g/mol. The zero-order valence-corrected chi connectivity index (χ0v) is 12.8. The third-order valence-electron chi connectivity index (χ3n) is 3.49. The van der Waals surface area contributed by atoms with Gasteiger partial charge in [0.15, 0.2) is 0 Å². The van der Waals surface area contributed by atoms with E-state index in [2.05, 4.69) is 5.32 Å². The van der Waals surface area contributed by atoms with Crippen LogP contribution in [0.5, 0.6) is 5.75 Å². The zero-order chi connectivity index (χ0) is 15.9. The van der Waals surface area contributed by atoms with Crippen LogP contribution in [0.25, 0.3) is 0 Å². The van der Waals surface area contributed by atoms with Crippen molar-refractivity contribution in [2.24, 2.45) is 0 Å². The van der Waals surface area contributed by atoms with Crippen molar-refractivity contribution in [1.29, 1.82) is 0 Å². The van der Waals surface area contributed by atoms with Gasteiger partial charge in [0, 0.05) is 6.42 Å². The fraction of sp³-hybridized carbons (Fsp3) is 0.500. The lowest BCUT2D eigenvalue weighted by Gasteiger charge is -2.24. The van der Waals surface area contributed by atoms with Gasteiger partial charge in [0.2, 0.25) is 5.91 Å². The van der Waals surface area contributed by atoms with Gasteiger partial charge in [-0.1, -0.05) is 25.1 Å². The molecular formula is C16H23NO4. The van der Waals surface area contributed by atoms with Crippen LogP contribution in [-0.2, 0) is 16.0 Å². The summed E-state index contributed by atoms with van der Waals surface area (Å²) >= 11 is 0. The summed E-state index contributed by atoms with van der Waals surface area (Å²) in [4.78, 5) is 23.1. The van der Waals surface area contributed by atoms with Gasteiger partial charge < -0.3 is 15.2 Å². The van der Waals surface area contributed by atoms with Gasteiger partial charge in [-0.2, -0.15) is 0 Å². The fourth-order valence-electron chi connectivity index (χ4n) is 1.92. The number of carbonyl (C=O) groups excluding carboxylic acids is 1. The second-order valence-corrected chi connectivity index (χ2v) is 5.08. The van der Waals surface area contributed by atoms with Crippen LogP contribution in [0, 0.1) is 0 Å². The van der Waals surface area contributed by atoms with E-state index in [1.54, 1.807) is 6.92 Å². The van der Waals surface area contributed by atoms with Crippen molar-refractivity contribution in [2.75, 3.05) is 6.61 Å². The summed E-state index contributed by atoms with van der Waals surface area (Å²) in [6.45, 7) is 5.72. The molecule has 0 aromatic heterocycles. The van der Waals surface area contributed by atoms with Gasteiger partial charge in [0.05, 0.1) is 6.61 Å². The number of carboxylic acids is 1. The van der Waals surface area contributed by atoms with Crippen LogP contribution in [0.1, 0.15) is 39.2 Å². The Hall–Kier alpha value is -2.04. The van der Waals surface area contributed by atoms with Crippen molar-refractivity contribution < 1.29 is 19.4 Å². The van der Waals surface area contributed by atoms with Crippen LogP contribution >= 0.6 is 0 Å². The first-order valence-electron chi connectivity index (χ1n) is 7.18. The van der Waals surface area contributed by atoms with E-state index in [-0.39, 0.29) is 12.3 Å². The maximum atomic E-state index is 11.9. The van der Waals surface area contributed by atoms with Gasteiger partial charge >= 0.3 is 5.97 Å². The standard InChI is InChI=1S/C16H23NO4/c1-4-16(3,15(19)20)17-14(18)11-10-12-8-6-7-9-13(12)21-5-2/h6-9H,4-5,10-11H2,1-3H3,(H,17,18)(H,19,20). The van der Waals surface area contributed by atoms with Crippen LogP contribution in [0.15, 0.2) is 24.3 Å². The number of nitrogens with one attached hydrogen (secondary N) is 1. The first kappa shape index (κ1) is 17.0. The van der Waals surface area contributed by atoms with Gasteiger partial charge in [-0.25, -0.2) is 4.79 Å². The molecule has 1 aromatic carbocycles. The molecule has 1 aromatic rings. The molecule has 116 valence electrons. The Kier molecular flexibility index (Phi) is 6.21. The predicted molar refractivity (Wildman–Crippen MR) is 80.4 cm³/mol. The van der Waals surface area contributed by atoms with Gasteiger partial charge in [-0.3, -0.25) is 4.79 Å². The lowest BCUT2D eigenvalue weighted by Crippen LogP contribution is -2.51. The Balaban J connectivity index is 2.63. The second-order valence-electron chi connectivity index (χ2n) is 5.08. The molecule has 0 heterocycles. The van der Waals surface area contributed by atoms with Crippen molar-refractivity contribution in [2.45, 2.75) is 45.6 Å². The molecule has 1 rings (SSSR count). The molecule has 0 aliphatic rings. The van der Waals surface area contributed by atoms with E-state index >= 15 is 0 Å². The quantitative estimate of drug-likeness (QED) is 0.771. The normalized spacial score (nSPS) is 13.3. The predicted octanol–water partition coefficient (Wildman–Crippen LogP) is 2.39. The molecule has 2 N–H and O–H groups in total. The van der Waals surface area contributed by atoms with E-state index in [9.17, 15) is 9.59 Å². The molecule has 5 nitrogen and oxygen atoms in total. The maximum absolute atomic E-state index is 11.9. The molecule has 0 spiro atoms. The molecule has 1 atom stereocenters. The van der Waals surface area contributed by atoms with Crippen molar-refractivity contribution in [1.82, 2.24) is 5.32 Å². The minimum atomic E-state index is -1.21. The van der Waals surface area contributed by atoms with E-state index in [0.29, 0.717) is 19.4 Å². The van der Waals surface area contributed by atoms with Gasteiger partial charge in [0.25, 0.3) is 0 Å². The molecule has 0 saturated carbocycles. The van der Waals surface area contributed by atoms with Crippen molar-refractivity contribution in [3.8, 4) is 5.75 Å². The fourth-order valence-corrected chi connectivity index (χ4v) is 1.92. The molecule has 0 bridgehead atoms. The number of para-hydroxylation sites is 1. The van der Waals surface area contributed by atoms with Gasteiger partial charge in [-0.15, -0.1) is 0 Å². The highest BCUT2D eigenvalue weighted by Gasteiger charge is 2.32. The highest BCUT2D eigenvalue weighted by atomic mass is 16.5. The largest absolute Gasteiger partial charge is 0.494 e. The number of carboxylic acid groups (broad SMARTS) is 1. The van der Waals surface area contributed by atoms with Crippen LogP contribution in [0.3, 0.4) is 0 Å². The molecule has 1 unspecified atom stereocenters. The molecule has 5 heteroatoms. The number of aryl methyl sites for hydroxylation is 1. The number of rotatable bonds is 8. The minimum absolute atomic E-state index is 0.229. The molecule has 0 aliphatic heterocycles. The van der Waals surface area contributed by atoms with E-state index in [0.717, 1.165) is 11.3 Å². The van der Waals surface area contributed by atoms with Crippen molar-refractivity contribution >= 4 is 11.9 Å². The third kappa shape index (κ3) is 4.77. The maximum Gasteiger partial charge on any atom is 0.329 e.